The lowest BCUT2D eigenvalue weighted by Crippen LogP contribution is -2.46. The number of alkyl halides is 2. The van der Waals surface area contributed by atoms with Gasteiger partial charge in [0.25, 0.3) is 11.8 Å². The van der Waals surface area contributed by atoms with Crippen LogP contribution in [0.25, 0.3) is 0 Å². The molecule has 12 heavy (non-hydrogen) atoms. The summed E-state index contributed by atoms with van der Waals surface area (Å²) >= 11 is 10.5. The minimum atomic E-state index is -0.433. The second kappa shape index (κ2) is 6.46. The summed E-state index contributed by atoms with van der Waals surface area (Å²) in [7, 11) is 2.29. The number of halogens is 2. The van der Waals surface area contributed by atoms with Gasteiger partial charge in [-0.05, 0) is 0 Å². The van der Waals surface area contributed by atoms with Crippen molar-refractivity contribution in [2.24, 2.45) is 0 Å². The van der Waals surface area contributed by atoms with Crippen molar-refractivity contribution in [2.45, 2.75) is 0 Å². The monoisotopic (exact) mass is 230 g/mol. The molecular formula is C5H9Cl2N2O2P. The predicted octanol–water partition coefficient (Wildman–Crippen LogP) is 0.156. The maximum atomic E-state index is 10.9. The highest BCUT2D eigenvalue weighted by molar-refractivity contribution is 7.16. The molecule has 1 N–H and O–H groups in total. The fraction of sp³-hybridized carbons (Fsp3) is 0.600. The van der Waals surface area contributed by atoms with Gasteiger partial charge in [-0.2, -0.15) is 0 Å². The van der Waals surface area contributed by atoms with E-state index in [4.69, 9.17) is 23.2 Å². The third kappa shape index (κ3) is 4.10. The smallest absolute Gasteiger partial charge is 0.256 e. The molecule has 2 amide bonds. The number of amides is 2. The Kier molecular flexibility index (Phi) is 6.44. The standard InChI is InChI=1S/C5H9Cl2N2O2P/c6-1-4(10)8-9(3-12)5(11)2-7/h1-3,12H2,(H,8,10). The van der Waals surface area contributed by atoms with Crippen molar-refractivity contribution in [2.75, 3.05) is 18.0 Å². The molecule has 0 heterocycles. The number of nitrogens with one attached hydrogen (secondary N) is 1. The highest BCUT2D eigenvalue weighted by Gasteiger charge is 2.11. The summed E-state index contributed by atoms with van der Waals surface area (Å²) in [6.07, 6.45) is 0.286. The first-order valence-corrected chi connectivity index (χ1v) is 4.96. The van der Waals surface area contributed by atoms with Crippen LogP contribution in [0.3, 0.4) is 0 Å². The van der Waals surface area contributed by atoms with E-state index in [1.165, 1.54) is 0 Å². The van der Waals surface area contributed by atoms with Gasteiger partial charge in [0.05, 0.1) is 6.29 Å². The molecule has 0 bridgehead atoms. The van der Waals surface area contributed by atoms with Crippen molar-refractivity contribution in [3.8, 4) is 0 Å². The van der Waals surface area contributed by atoms with E-state index >= 15 is 0 Å². The van der Waals surface area contributed by atoms with Gasteiger partial charge < -0.3 is 0 Å². The van der Waals surface area contributed by atoms with Crippen LogP contribution in [0.15, 0.2) is 0 Å². The van der Waals surface area contributed by atoms with Crippen LogP contribution in [-0.2, 0) is 9.59 Å². The first-order valence-electron chi connectivity index (χ1n) is 3.07. The second-order valence-electron chi connectivity index (χ2n) is 1.81. The normalized spacial score (nSPS) is 9.25. The quantitative estimate of drug-likeness (QED) is 0.427. The minimum Gasteiger partial charge on any atom is -0.272 e. The summed E-state index contributed by atoms with van der Waals surface area (Å²) in [4.78, 5) is 21.6. The minimum absolute atomic E-state index is 0.170. The zero-order valence-electron chi connectivity index (χ0n) is 6.22. The lowest BCUT2D eigenvalue weighted by atomic mass is 10.6. The van der Waals surface area contributed by atoms with Gasteiger partial charge in [0.1, 0.15) is 11.8 Å². The third-order valence-electron chi connectivity index (χ3n) is 0.979. The molecule has 0 aromatic carbocycles. The van der Waals surface area contributed by atoms with Crippen LogP contribution in [0.5, 0.6) is 0 Å². The Morgan fingerprint density at radius 3 is 2.25 bits per heavy atom. The molecule has 4 nitrogen and oxygen atoms in total. The molecule has 0 saturated heterocycles. The molecule has 0 saturated carbocycles. The number of nitrogens with zero attached hydrogens (tertiary/aromatic N) is 1. The Morgan fingerprint density at radius 2 is 1.92 bits per heavy atom. The van der Waals surface area contributed by atoms with Crippen LogP contribution in [-0.4, -0.2) is 34.9 Å². The van der Waals surface area contributed by atoms with Crippen molar-refractivity contribution >= 4 is 44.3 Å². The van der Waals surface area contributed by atoms with Crippen molar-refractivity contribution in [1.82, 2.24) is 10.4 Å². The Hall–Kier alpha value is -0.0500. The Bertz CT molecular complexity index is 179. The molecule has 0 rings (SSSR count). The fourth-order valence-electron chi connectivity index (χ4n) is 0.462. The first kappa shape index (κ1) is 11.9. The molecule has 1 unspecified atom stereocenters. The lowest BCUT2D eigenvalue weighted by Gasteiger charge is -2.19. The van der Waals surface area contributed by atoms with Gasteiger partial charge in [0, 0.05) is 0 Å². The Morgan fingerprint density at radius 1 is 1.33 bits per heavy atom. The zero-order chi connectivity index (χ0) is 9.56. The molecule has 1 atom stereocenters. The number of hydrogen-bond acceptors (Lipinski definition) is 2. The fourth-order valence-corrected chi connectivity index (χ4v) is 0.961. The van der Waals surface area contributed by atoms with Gasteiger partial charge in [-0.25, -0.2) is 5.01 Å². The van der Waals surface area contributed by atoms with E-state index in [-0.39, 0.29) is 24.0 Å². The van der Waals surface area contributed by atoms with Crippen molar-refractivity contribution in [1.29, 1.82) is 0 Å². The van der Waals surface area contributed by atoms with Gasteiger partial charge in [-0.15, -0.1) is 32.4 Å². The van der Waals surface area contributed by atoms with Crippen molar-refractivity contribution in [3.05, 3.63) is 0 Å². The second-order valence-corrected chi connectivity index (χ2v) is 2.71. The molecule has 0 aliphatic heterocycles. The van der Waals surface area contributed by atoms with Crippen LogP contribution in [0.1, 0.15) is 0 Å². The predicted molar refractivity (Wildman–Crippen MR) is 51.0 cm³/mol. The molecule has 0 aliphatic rings. The highest BCUT2D eigenvalue weighted by Crippen LogP contribution is 1.93. The van der Waals surface area contributed by atoms with E-state index < -0.39 is 5.91 Å². The third-order valence-corrected chi connectivity index (χ3v) is 1.82. The number of hydrazine groups is 1. The maximum Gasteiger partial charge on any atom is 0.256 e. The SMILES string of the molecule is O=C(CCl)NN(CP)C(=O)CCl. The van der Waals surface area contributed by atoms with Crippen molar-refractivity contribution in [3.63, 3.8) is 0 Å². The number of rotatable bonds is 3. The number of hydrogen-bond donors (Lipinski definition) is 1. The van der Waals surface area contributed by atoms with Crippen LogP contribution >= 0.6 is 32.4 Å². The summed E-state index contributed by atoms with van der Waals surface area (Å²) in [6.45, 7) is 0. The zero-order valence-corrected chi connectivity index (χ0v) is 8.88. The summed E-state index contributed by atoms with van der Waals surface area (Å²) in [5.74, 6) is -1.16. The highest BCUT2D eigenvalue weighted by atomic mass is 35.5. The largest absolute Gasteiger partial charge is 0.272 e. The van der Waals surface area contributed by atoms with Gasteiger partial charge in [-0.1, -0.05) is 0 Å². The number of carbonyl (C=O) groups excluding carboxylic acids is 2. The molecule has 0 aromatic heterocycles. The molecule has 0 aliphatic carbocycles. The Balaban J connectivity index is 3.99. The van der Waals surface area contributed by atoms with Crippen molar-refractivity contribution < 1.29 is 9.59 Å². The average Bonchev–Trinajstić information content (AvgIpc) is 2.12. The van der Waals surface area contributed by atoms with Gasteiger partial charge >= 0.3 is 0 Å². The van der Waals surface area contributed by atoms with Crippen LogP contribution < -0.4 is 5.43 Å². The van der Waals surface area contributed by atoms with E-state index in [1.807, 2.05) is 0 Å². The molecule has 70 valence electrons. The topological polar surface area (TPSA) is 49.4 Å². The summed E-state index contributed by atoms with van der Waals surface area (Å²) in [5.41, 5.74) is 2.27. The molecule has 0 fully saturated rings. The van der Waals surface area contributed by atoms with Gasteiger partial charge in [0.2, 0.25) is 0 Å². The molecule has 0 aromatic rings. The lowest BCUT2D eigenvalue weighted by molar-refractivity contribution is -0.137. The van der Waals surface area contributed by atoms with E-state index in [0.717, 1.165) is 5.01 Å². The van der Waals surface area contributed by atoms with Gasteiger partial charge in [0.15, 0.2) is 0 Å². The van der Waals surface area contributed by atoms with E-state index in [1.54, 1.807) is 0 Å². The molecule has 0 spiro atoms. The van der Waals surface area contributed by atoms with Gasteiger partial charge in [-0.3, -0.25) is 15.0 Å². The summed E-state index contributed by atoms with van der Waals surface area (Å²) in [6, 6.07) is 0. The van der Waals surface area contributed by atoms with Crippen LogP contribution in [0, 0.1) is 0 Å². The maximum absolute atomic E-state index is 10.9. The van der Waals surface area contributed by atoms with E-state index in [9.17, 15) is 9.59 Å². The Labute approximate surface area is 82.7 Å². The average molecular weight is 231 g/mol. The van der Waals surface area contributed by atoms with Crippen LogP contribution in [0.2, 0.25) is 0 Å². The molecule has 0 radical (unpaired) electrons. The first-order chi connectivity index (χ1) is 5.65. The van der Waals surface area contributed by atoms with Crippen LogP contribution in [0.4, 0.5) is 0 Å². The summed E-state index contributed by atoms with van der Waals surface area (Å²) in [5, 5.41) is 1.09. The summed E-state index contributed by atoms with van der Waals surface area (Å²) < 4.78 is 0. The van der Waals surface area contributed by atoms with E-state index in [0.29, 0.717) is 0 Å². The molecular weight excluding hydrogens is 222 g/mol. The number of carbonyl (C=O) groups is 2. The van der Waals surface area contributed by atoms with E-state index in [2.05, 4.69) is 14.7 Å². The molecule has 7 heteroatoms.